The molecule has 0 heterocycles. The van der Waals surface area contributed by atoms with Crippen molar-refractivity contribution in [1.82, 2.24) is 10.2 Å². The van der Waals surface area contributed by atoms with Crippen molar-refractivity contribution in [1.29, 1.82) is 0 Å². The van der Waals surface area contributed by atoms with Crippen LogP contribution in [-0.2, 0) is 6.54 Å². The molecule has 0 radical (unpaired) electrons. The molecule has 0 amide bonds. The van der Waals surface area contributed by atoms with Crippen molar-refractivity contribution in [3.63, 3.8) is 0 Å². The number of hydrogen-bond donors (Lipinski definition) is 1. The Morgan fingerprint density at radius 2 is 1.81 bits per heavy atom. The van der Waals surface area contributed by atoms with E-state index in [-0.39, 0.29) is 0 Å². The lowest BCUT2D eigenvalue weighted by atomic mass is 9.99. The molecule has 2 heteroatoms. The Labute approximate surface area is 130 Å². The molecule has 0 saturated heterocycles. The monoisotopic (exact) mass is 288 g/mol. The van der Waals surface area contributed by atoms with Crippen LogP contribution in [0, 0.1) is 0 Å². The molecule has 0 bridgehead atoms. The molecule has 118 valence electrons. The van der Waals surface area contributed by atoms with Gasteiger partial charge in [-0.3, -0.25) is 4.90 Å². The Bertz CT molecular complexity index is 393. The fourth-order valence-electron chi connectivity index (χ4n) is 3.43. The first kappa shape index (κ1) is 16.5. The number of nitrogens with one attached hydrogen (secondary N) is 1. The van der Waals surface area contributed by atoms with E-state index in [1.165, 1.54) is 43.4 Å². The Kier molecular flexibility index (Phi) is 6.72. The maximum absolute atomic E-state index is 3.43. The summed E-state index contributed by atoms with van der Waals surface area (Å²) < 4.78 is 0. The second-order valence-corrected chi connectivity index (χ2v) is 6.45. The largest absolute Gasteiger partial charge is 0.316 e. The van der Waals surface area contributed by atoms with E-state index in [0.717, 1.165) is 25.7 Å². The molecular formula is C19H32N2. The van der Waals surface area contributed by atoms with Gasteiger partial charge in [0, 0.05) is 19.1 Å². The molecule has 2 nitrogen and oxygen atoms in total. The van der Waals surface area contributed by atoms with Crippen molar-refractivity contribution < 1.29 is 0 Å². The van der Waals surface area contributed by atoms with Crippen LogP contribution < -0.4 is 5.32 Å². The van der Waals surface area contributed by atoms with E-state index in [1.807, 2.05) is 0 Å². The fraction of sp³-hybridized carbons (Fsp3) is 0.684. The van der Waals surface area contributed by atoms with Gasteiger partial charge in [0.1, 0.15) is 0 Å². The number of hydrogen-bond acceptors (Lipinski definition) is 2. The Morgan fingerprint density at radius 1 is 1.14 bits per heavy atom. The molecule has 0 spiro atoms. The second-order valence-electron chi connectivity index (χ2n) is 6.45. The van der Waals surface area contributed by atoms with Crippen LogP contribution in [0.5, 0.6) is 0 Å². The first-order valence-corrected chi connectivity index (χ1v) is 8.78. The van der Waals surface area contributed by atoms with Crippen LogP contribution >= 0.6 is 0 Å². The first-order valence-electron chi connectivity index (χ1n) is 8.78. The SMILES string of the molecule is CCNCC(C)c1ccc(CN(CC)C2CCCC2)cc1. The zero-order valence-corrected chi connectivity index (χ0v) is 14.1. The van der Waals surface area contributed by atoms with Gasteiger partial charge in [0.15, 0.2) is 0 Å². The van der Waals surface area contributed by atoms with Crippen LogP contribution in [0.4, 0.5) is 0 Å². The third-order valence-electron chi connectivity index (χ3n) is 4.88. The average molecular weight is 288 g/mol. The molecular weight excluding hydrogens is 256 g/mol. The summed E-state index contributed by atoms with van der Waals surface area (Å²) >= 11 is 0. The number of benzene rings is 1. The first-order chi connectivity index (χ1) is 10.2. The molecule has 0 aliphatic heterocycles. The van der Waals surface area contributed by atoms with Gasteiger partial charge in [0.05, 0.1) is 0 Å². The number of rotatable bonds is 8. The Morgan fingerprint density at radius 3 is 2.38 bits per heavy atom. The maximum Gasteiger partial charge on any atom is 0.0236 e. The Hall–Kier alpha value is -0.860. The standard InChI is InChI=1S/C19H32N2/c1-4-20-14-16(3)18-12-10-17(11-13-18)15-21(5-2)19-8-6-7-9-19/h10-13,16,19-20H,4-9,14-15H2,1-3H3. The van der Waals surface area contributed by atoms with Crippen molar-refractivity contribution in [2.24, 2.45) is 0 Å². The van der Waals surface area contributed by atoms with Gasteiger partial charge < -0.3 is 5.32 Å². The quantitative estimate of drug-likeness (QED) is 0.772. The second kappa shape index (κ2) is 8.55. The van der Waals surface area contributed by atoms with Crippen LogP contribution in [-0.4, -0.2) is 30.6 Å². The van der Waals surface area contributed by atoms with Crippen LogP contribution in [0.2, 0.25) is 0 Å². The highest BCUT2D eigenvalue weighted by Gasteiger charge is 2.21. The lowest BCUT2D eigenvalue weighted by molar-refractivity contribution is 0.200. The molecule has 1 N–H and O–H groups in total. The van der Waals surface area contributed by atoms with Crippen molar-refractivity contribution in [2.75, 3.05) is 19.6 Å². The van der Waals surface area contributed by atoms with Gasteiger partial charge in [0.2, 0.25) is 0 Å². The van der Waals surface area contributed by atoms with Crippen LogP contribution in [0.3, 0.4) is 0 Å². The van der Waals surface area contributed by atoms with E-state index in [4.69, 9.17) is 0 Å². The lowest BCUT2D eigenvalue weighted by Crippen LogP contribution is -2.32. The van der Waals surface area contributed by atoms with Gasteiger partial charge >= 0.3 is 0 Å². The van der Waals surface area contributed by atoms with E-state index in [0.29, 0.717) is 5.92 Å². The lowest BCUT2D eigenvalue weighted by Gasteiger charge is -2.27. The minimum Gasteiger partial charge on any atom is -0.316 e. The molecule has 1 atom stereocenters. The van der Waals surface area contributed by atoms with E-state index in [2.05, 4.69) is 55.3 Å². The summed E-state index contributed by atoms with van der Waals surface area (Å²) in [5.74, 6) is 0.594. The summed E-state index contributed by atoms with van der Waals surface area (Å²) in [4.78, 5) is 2.66. The van der Waals surface area contributed by atoms with Crippen molar-refractivity contribution in [3.8, 4) is 0 Å². The van der Waals surface area contributed by atoms with Gasteiger partial charge in [-0.1, -0.05) is 57.9 Å². The number of nitrogens with zero attached hydrogens (tertiary/aromatic N) is 1. The highest BCUT2D eigenvalue weighted by atomic mass is 15.1. The summed E-state index contributed by atoms with van der Waals surface area (Å²) in [6, 6.07) is 10.1. The Balaban J connectivity index is 1.91. The highest BCUT2D eigenvalue weighted by Crippen LogP contribution is 2.25. The van der Waals surface area contributed by atoms with E-state index in [1.54, 1.807) is 0 Å². The molecule has 1 aliphatic rings. The molecule has 1 saturated carbocycles. The third-order valence-corrected chi connectivity index (χ3v) is 4.88. The third kappa shape index (κ3) is 4.82. The molecule has 0 aromatic heterocycles. The van der Waals surface area contributed by atoms with Gasteiger partial charge in [-0.15, -0.1) is 0 Å². The average Bonchev–Trinajstić information content (AvgIpc) is 3.05. The summed E-state index contributed by atoms with van der Waals surface area (Å²) in [6.07, 6.45) is 5.63. The van der Waals surface area contributed by atoms with Gasteiger partial charge in [-0.2, -0.15) is 0 Å². The van der Waals surface area contributed by atoms with Gasteiger partial charge in [0.25, 0.3) is 0 Å². The van der Waals surface area contributed by atoms with E-state index < -0.39 is 0 Å². The van der Waals surface area contributed by atoms with Gasteiger partial charge in [-0.25, -0.2) is 0 Å². The van der Waals surface area contributed by atoms with Crippen LogP contribution in [0.25, 0.3) is 0 Å². The molecule has 1 aromatic carbocycles. The highest BCUT2D eigenvalue weighted by molar-refractivity contribution is 5.25. The summed E-state index contributed by atoms with van der Waals surface area (Å²) in [7, 11) is 0. The predicted molar refractivity (Wildman–Crippen MR) is 91.7 cm³/mol. The molecule has 1 aromatic rings. The topological polar surface area (TPSA) is 15.3 Å². The number of likely N-dealkylation sites (N-methyl/N-ethyl adjacent to an activating group) is 1. The van der Waals surface area contributed by atoms with E-state index in [9.17, 15) is 0 Å². The molecule has 1 aliphatic carbocycles. The summed E-state index contributed by atoms with van der Waals surface area (Å²) in [6.45, 7) is 11.2. The van der Waals surface area contributed by atoms with Crippen molar-refractivity contribution in [2.45, 2.75) is 65.0 Å². The van der Waals surface area contributed by atoms with Crippen molar-refractivity contribution >= 4 is 0 Å². The zero-order chi connectivity index (χ0) is 15.1. The van der Waals surface area contributed by atoms with E-state index >= 15 is 0 Å². The summed E-state index contributed by atoms with van der Waals surface area (Å²) in [5.41, 5.74) is 2.91. The molecule has 1 fully saturated rings. The normalized spacial score (nSPS) is 17.5. The zero-order valence-electron chi connectivity index (χ0n) is 14.1. The van der Waals surface area contributed by atoms with Crippen LogP contribution in [0.1, 0.15) is 63.5 Å². The fourth-order valence-corrected chi connectivity index (χ4v) is 3.43. The smallest absolute Gasteiger partial charge is 0.0236 e. The molecule has 21 heavy (non-hydrogen) atoms. The van der Waals surface area contributed by atoms with Crippen LogP contribution in [0.15, 0.2) is 24.3 Å². The van der Waals surface area contributed by atoms with Gasteiger partial charge in [-0.05, 0) is 43.0 Å². The summed E-state index contributed by atoms with van der Waals surface area (Å²) in [5, 5.41) is 3.43. The maximum atomic E-state index is 3.43. The minimum atomic E-state index is 0.594. The van der Waals surface area contributed by atoms with Crippen molar-refractivity contribution in [3.05, 3.63) is 35.4 Å². The minimum absolute atomic E-state index is 0.594. The molecule has 2 rings (SSSR count). The molecule has 1 unspecified atom stereocenters. The predicted octanol–water partition coefficient (Wildman–Crippen LogP) is 4.16.